The fraction of sp³-hybridized carbons (Fsp3) is 0. The molecule has 1 heterocycles. The van der Waals surface area contributed by atoms with Crippen LogP contribution in [0.2, 0.25) is 0 Å². The van der Waals surface area contributed by atoms with Crippen LogP contribution in [0, 0.1) is 0 Å². The molecule has 1 aromatic heterocycles. The maximum Gasteiger partial charge on any atom is 0.0355 e. The minimum atomic E-state index is 1.06. The highest BCUT2D eigenvalue weighted by Crippen LogP contribution is 2.36. The first-order chi connectivity index (χ1) is 13.3. The number of hydrogen-bond donors (Lipinski definition) is 0. The minimum Gasteiger partial charge on any atom is -0.135 e. The Morgan fingerprint density at radius 3 is 2.00 bits per heavy atom. The molecular formula is C26H18S. The van der Waals surface area contributed by atoms with Gasteiger partial charge in [0.25, 0.3) is 0 Å². The van der Waals surface area contributed by atoms with Crippen LogP contribution in [0.3, 0.4) is 0 Å². The molecule has 0 fully saturated rings. The fourth-order valence-corrected chi connectivity index (χ4v) is 4.66. The van der Waals surface area contributed by atoms with Crippen molar-refractivity contribution in [2.24, 2.45) is 0 Å². The summed E-state index contributed by atoms with van der Waals surface area (Å²) >= 11 is 1.85. The Bertz CT molecular complexity index is 1260. The van der Waals surface area contributed by atoms with E-state index >= 15 is 0 Å². The van der Waals surface area contributed by atoms with Gasteiger partial charge in [-0.1, -0.05) is 85.4 Å². The van der Waals surface area contributed by atoms with Gasteiger partial charge in [0.05, 0.1) is 0 Å². The van der Waals surface area contributed by atoms with Gasteiger partial charge in [-0.05, 0) is 46.0 Å². The summed E-state index contributed by atoms with van der Waals surface area (Å²) in [6.07, 6.45) is 0. The smallest absolute Gasteiger partial charge is 0.0355 e. The van der Waals surface area contributed by atoms with Crippen molar-refractivity contribution >= 4 is 37.1 Å². The molecule has 4 aromatic carbocycles. The summed E-state index contributed by atoms with van der Waals surface area (Å²) in [6.45, 7) is 4.37. The molecule has 0 aliphatic heterocycles. The molecule has 128 valence electrons. The van der Waals surface area contributed by atoms with E-state index in [4.69, 9.17) is 0 Å². The van der Waals surface area contributed by atoms with Gasteiger partial charge in [0.2, 0.25) is 0 Å². The van der Waals surface area contributed by atoms with Gasteiger partial charge in [0, 0.05) is 20.2 Å². The molecule has 0 spiro atoms. The molecular weight excluding hydrogens is 344 g/mol. The van der Waals surface area contributed by atoms with Crippen molar-refractivity contribution in [3.8, 4) is 11.1 Å². The van der Waals surface area contributed by atoms with E-state index in [0.717, 1.165) is 11.1 Å². The molecule has 5 rings (SSSR count). The van der Waals surface area contributed by atoms with Gasteiger partial charge in [0.1, 0.15) is 0 Å². The molecule has 0 aliphatic carbocycles. The maximum absolute atomic E-state index is 4.37. The Kier molecular flexibility index (Phi) is 3.88. The van der Waals surface area contributed by atoms with Crippen LogP contribution in [0.25, 0.3) is 36.9 Å². The quantitative estimate of drug-likeness (QED) is 0.307. The van der Waals surface area contributed by atoms with Crippen LogP contribution in [0.4, 0.5) is 0 Å². The van der Waals surface area contributed by atoms with Crippen molar-refractivity contribution in [3.63, 3.8) is 0 Å². The maximum atomic E-state index is 4.37. The lowest BCUT2D eigenvalue weighted by Gasteiger charge is -2.09. The number of rotatable bonds is 3. The van der Waals surface area contributed by atoms with Crippen LogP contribution in [0.1, 0.15) is 11.1 Å². The van der Waals surface area contributed by atoms with E-state index in [9.17, 15) is 0 Å². The fourth-order valence-electron chi connectivity index (χ4n) is 3.57. The van der Waals surface area contributed by atoms with Crippen molar-refractivity contribution in [2.45, 2.75) is 0 Å². The largest absolute Gasteiger partial charge is 0.135 e. The predicted molar refractivity (Wildman–Crippen MR) is 119 cm³/mol. The van der Waals surface area contributed by atoms with Crippen LogP contribution in [0.5, 0.6) is 0 Å². The predicted octanol–water partition coefficient (Wildman–Crippen LogP) is 7.78. The van der Waals surface area contributed by atoms with E-state index in [0.29, 0.717) is 0 Å². The zero-order chi connectivity index (χ0) is 18.2. The highest BCUT2D eigenvalue weighted by molar-refractivity contribution is 7.25. The lowest BCUT2D eigenvalue weighted by molar-refractivity contribution is 1.56. The van der Waals surface area contributed by atoms with Gasteiger partial charge in [-0.2, -0.15) is 0 Å². The molecule has 0 amide bonds. The van der Waals surface area contributed by atoms with Crippen LogP contribution in [0.15, 0.2) is 104 Å². The summed E-state index contributed by atoms with van der Waals surface area (Å²) in [7, 11) is 0. The first-order valence-corrected chi connectivity index (χ1v) is 9.88. The molecule has 1 heteroatoms. The lowest BCUT2D eigenvalue weighted by atomic mass is 9.96. The average molecular weight is 362 g/mol. The summed E-state index contributed by atoms with van der Waals surface area (Å²) < 4.78 is 2.66. The van der Waals surface area contributed by atoms with E-state index in [-0.39, 0.29) is 0 Å². The Balaban J connectivity index is 1.52. The van der Waals surface area contributed by atoms with Crippen molar-refractivity contribution in [3.05, 3.63) is 115 Å². The van der Waals surface area contributed by atoms with Crippen LogP contribution < -0.4 is 0 Å². The Hall–Kier alpha value is -3.16. The first-order valence-electron chi connectivity index (χ1n) is 9.06. The SMILES string of the molecule is C=C(c1ccc(-c2ccccc2)cc1)c1ccc2sc3ccccc3c2c1. The van der Waals surface area contributed by atoms with Gasteiger partial charge >= 0.3 is 0 Å². The third-order valence-corrected chi connectivity index (χ3v) is 6.22. The topological polar surface area (TPSA) is 0 Å². The Labute approximate surface area is 163 Å². The molecule has 0 radical (unpaired) electrons. The molecule has 0 atom stereocenters. The van der Waals surface area contributed by atoms with Gasteiger partial charge in [0.15, 0.2) is 0 Å². The van der Waals surface area contributed by atoms with Gasteiger partial charge in [-0.3, -0.25) is 0 Å². The van der Waals surface area contributed by atoms with Gasteiger partial charge in [-0.25, -0.2) is 0 Å². The zero-order valence-corrected chi connectivity index (χ0v) is 15.7. The van der Waals surface area contributed by atoms with Crippen LogP contribution in [-0.2, 0) is 0 Å². The summed E-state index contributed by atoms with van der Waals surface area (Å²) in [5.41, 5.74) is 5.87. The molecule has 5 aromatic rings. The third kappa shape index (κ3) is 2.87. The lowest BCUT2D eigenvalue weighted by Crippen LogP contribution is -1.87. The number of benzene rings is 4. The highest BCUT2D eigenvalue weighted by atomic mass is 32.1. The van der Waals surface area contributed by atoms with Crippen molar-refractivity contribution in [1.82, 2.24) is 0 Å². The third-order valence-electron chi connectivity index (χ3n) is 5.07. The van der Waals surface area contributed by atoms with Crippen LogP contribution >= 0.6 is 11.3 Å². The first kappa shape index (κ1) is 16.0. The van der Waals surface area contributed by atoms with Crippen LogP contribution in [-0.4, -0.2) is 0 Å². The Morgan fingerprint density at radius 2 is 1.19 bits per heavy atom. The zero-order valence-electron chi connectivity index (χ0n) is 14.9. The van der Waals surface area contributed by atoms with Gasteiger partial charge in [-0.15, -0.1) is 11.3 Å². The number of hydrogen-bond acceptors (Lipinski definition) is 1. The molecule has 0 saturated carbocycles. The second-order valence-corrected chi connectivity index (χ2v) is 7.81. The summed E-state index contributed by atoms with van der Waals surface area (Å²) in [6, 6.07) is 34.4. The van der Waals surface area contributed by atoms with E-state index in [1.54, 1.807) is 0 Å². The molecule has 0 nitrogen and oxygen atoms in total. The molecule has 0 bridgehead atoms. The van der Waals surface area contributed by atoms with E-state index in [2.05, 4.69) is 97.6 Å². The van der Waals surface area contributed by atoms with Crippen molar-refractivity contribution in [1.29, 1.82) is 0 Å². The average Bonchev–Trinajstić information content (AvgIpc) is 3.12. The molecule has 0 saturated heterocycles. The van der Waals surface area contributed by atoms with Crippen molar-refractivity contribution in [2.75, 3.05) is 0 Å². The molecule has 0 aliphatic rings. The summed E-state index contributed by atoms with van der Waals surface area (Å²) in [5, 5.41) is 2.64. The van der Waals surface area contributed by atoms with E-state index in [1.165, 1.54) is 36.9 Å². The highest BCUT2D eigenvalue weighted by Gasteiger charge is 2.08. The normalized spacial score (nSPS) is 11.1. The molecule has 0 N–H and O–H groups in total. The summed E-state index contributed by atoms with van der Waals surface area (Å²) in [4.78, 5) is 0. The Morgan fingerprint density at radius 1 is 0.556 bits per heavy atom. The standard InChI is InChI=1S/C26H18S/c1-18(19-11-13-21(14-12-19)20-7-3-2-4-8-20)22-15-16-26-24(17-22)23-9-5-6-10-25(23)27-26/h2-17H,1H2. The number of fused-ring (bicyclic) bond motifs is 3. The minimum absolute atomic E-state index is 1.06. The number of thiophene rings is 1. The summed E-state index contributed by atoms with van der Waals surface area (Å²) in [5.74, 6) is 0. The van der Waals surface area contributed by atoms with Crippen molar-refractivity contribution < 1.29 is 0 Å². The second-order valence-electron chi connectivity index (χ2n) is 6.73. The van der Waals surface area contributed by atoms with E-state index < -0.39 is 0 Å². The molecule has 27 heavy (non-hydrogen) atoms. The molecule has 0 unspecified atom stereocenters. The second kappa shape index (κ2) is 6.53. The van der Waals surface area contributed by atoms with E-state index in [1.807, 2.05) is 17.4 Å². The van der Waals surface area contributed by atoms with Gasteiger partial charge < -0.3 is 0 Å². The monoisotopic (exact) mass is 362 g/mol.